The van der Waals surface area contributed by atoms with Crippen molar-refractivity contribution in [2.75, 3.05) is 12.4 Å². The fourth-order valence-electron chi connectivity index (χ4n) is 3.05. The molecule has 7 heteroatoms. The molecule has 0 saturated carbocycles. The highest BCUT2D eigenvalue weighted by Crippen LogP contribution is 2.35. The molecule has 4 rings (SSSR count). The third-order valence-corrected chi connectivity index (χ3v) is 5.81. The second-order valence-electron chi connectivity index (χ2n) is 6.96. The first kappa shape index (κ1) is 20.7. The molecule has 6 nitrogen and oxygen atoms in total. The molecule has 1 unspecified atom stereocenters. The van der Waals surface area contributed by atoms with Crippen LogP contribution in [0.4, 0.5) is 5.69 Å². The minimum absolute atomic E-state index is 0.161. The van der Waals surface area contributed by atoms with Crippen molar-refractivity contribution in [3.63, 3.8) is 0 Å². The molecule has 0 bridgehead atoms. The Bertz CT molecular complexity index is 1160. The fourth-order valence-corrected chi connectivity index (χ4v) is 3.97. The van der Waals surface area contributed by atoms with E-state index in [9.17, 15) is 4.79 Å². The van der Waals surface area contributed by atoms with E-state index < -0.39 is 5.25 Å². The molecule has 1 amide bonds. The highest BCUT2D eigenvalue weighted by molar-refractivity contribution is 8.00. The van der Waals surface area contributed by atoms with Crippen LogP contribution in [0, 0.1) is 6.92 Å². The molecule has 156 valence electrons. The van der Waals surface area contributed by atoms with Crippen LogP contribution < -0.4 is 10.1 Å². The van der Waals surface area contributed by atoms with Gasteiger partial charge >= 0.3 is 0 Å². The first-order chi connectivity index (χ1) is 15.1. The molecule has 4 aromatic rings. The molecule has 3 aromatic carbocycles. The van der Waals surface area contributed by atoms with Crippen LogP contribution in [0.5, 0.6) is 5.75 Å². The quantitative estimate of drug-likeness (QED) is 0.391. The Labute approximate surface area is 185 Å². The summed E-state index contributed by atoms with van der Waals surface area (Å²) < 4.78 is 5.25. The van der Waals surface area contributed by atoms with Gasteiger partial charge in [0.15, 0.2) is 5.82 Å². The van der Waals surface area contributed by atoms with Crippen molar-refractivity contribution in [3.05, 3.63) is 90.0 Å². The number of carbonyl (C=O) groups is 1. The number of hydrogen-bond acceptors (Lipinski definition) is 5. The number of aryl methyl sites for hydroxylation is 1. The third kappa shape index (κ3) is 5.13. The van der Waals surface area contributed by atoms with Gasteiger partial charge in [-0.2, -0.15) is 0 Å². The van der Waals surface area contributed by atoms with Crippen LogP contribution in [0.25, 0.3) is 11.4 Å². The average Bonchev–Trinajstić information content (AvgIpc) is 3.27. The number of aromatic nitrogens is 3. The SMILES string of the molecule is COc1cccc(NC(=O)C(Sc2n[nH]c(-c3ccc(C)cc3)n2)c2ccccc2)c1. The van der Waals surface area contributed by atoms with E-state index in [-0.39, 0.29) is 5.91 Å². The van der Waals surface area contributed by atoms with Gasteiger partial charge in [-0.05, 0) is 24.6 Å². The van der Waals surface area contributed by atoms with Crippen LogP contribution in [0.1, 0.15) is 16.4 Å². The van der Waals surface area contributed by atoms with Gasteiger partial charge in [0.2, 0.25) is 11.1 Å². The molecule has 0 fully saturated rings. The lowest BCUT2D eigenvalue weighted by molar-refractivity contribution is -0.115. The number of benzene rings is 3. The zero-order chi connectivity index (χ0) is 21.6. The molecule has 0 radical (unpaired) electrons. The highest BCUT2D eigenvalue weighted by atomic mass is 32.2. The Morgan fingerprint density at radius 3 is 2.55 bits per heavy atom. The van der Waals surface area contributed by atoms with Crippen molar-refractivity contribution < 1.29 is 9.53 Å². The molecule has 2 N–H and O–H groups in total. The maximum Gasteiger partial charge on any atom is 0.242 e. The van der Waals surface area contributed by atoms with Gasteiger partial charge in [0.25, 0.3) is 0 Å². The van der Waals surface area contributed by atoms with Crippen LogP contribution in [0.15, 0.2) is 84.0 Å². The van der Waals surface area contributed by atoms with Crippen LogP contribution >= 0.6 is 11.8 Å². The molecule has 0 saturated heterocycles. The summed E-state index contributed by atoms with van der Waals surface area (Å²) in [6, 6.07) is 24.9. The number of H-pyrrole nitrogens is 1. The Morgan fingerprint density at radius 1 is 1.03 bits per heavy atom. The number of aromatic amines is 1. The van der Waals surface area contributed by atoms with Gasteiger partial charge < -0.3 is 10.1 Å². The van der Waals surface area contributed by atoms with Crippen LogP contribution in [0.3, 0.4) is 0 Å². The maximum absolute atomic E-state index is 13.2. The van der Waals surface area contributed by atoms with Crippen molar-refractivity contribution in [1.82, 2.24) is 15.2 Å². The summed E-state index contributed by atoms with van der Waals surface area (Å²) in [7, 11) is 1.60. The normalized spacial score (nSPS) is 11.7. The zero-order valence-electron chi connectivity index (χ0n) is 17.2. The number of ether oxygens (including phenoxy) is 1. The van der Waals surface area contributed by atoms with Crippen molar-refractivity contribution in [1.29, 1.82) is 0 Å². The van der Waals surface area contributed by atoms with Crippen LogP contribution in [0.2, 0.25) is 0 Å². The number of thioether (sulfide) groups is 1. The van der Waals surface area contributed by atoms with E-state index in [0.717, 1.165) is 11.1 Å². The monoisotopic (exact) mass is 430 g/mol. The van der Waals surface area contributed by atoms with Crippen molar-refractivity contribution in [3.8, 4) is 17.1 Å². The standard InChI is InChI=1S/C24H22N4O2S/c1-16-11-13-18(14-12-16)22-26-24(28-27-22)31-21(17-7-4-3-5-8-17)23(29)25-19-9-6-10-20(15-19)30-2/h3-15,21H,1-2H3,(H,25,29)(H,26,27,28). The van der Waals surface area contributed by atoms with Crippen molar-refractivity contribution >= 4 is 23.4 Å². The molecule has 0 aliphatic carbocycles. The molecule has 1 heterocycles. The van der Waals surface area contributed by atoms with Gasteiger partial charge in [-0.1, -0.05) is 78.0 Å². The molecular formula is C24H22N4O2S. The fraction of sp³-hybridized carbons (Fsp3) is 0.125. The van der Waals surface area contributed by atoms with Crippen LogP contribution in [-0.4, -0.2) is 28.2 Å². The number of nitrogens with zero attached hydrogens (tertiary/aromatic N) is 2. The Morgan fingerprint density at radius 2 is 1.81 bits per heavy atom. The van der Waals surface area contributed by atoms with E-state index in [0.29, 0.717) is 22.4 Å². The number of nitrogens with one attached hydrogen (secondary N) is 2. The van der Waals surface area contributed by atoms with E-state index >= 15 is 0 Å². The van der Waals surface area contributed by atoms with Crippen molar-refractivity contribution in [2.24, 2.45) is 0 Å². The summed E-state index contributed by atoms with van der Waals surface area (Å²) in [5, 5.41) is 10.3. The summed E-state index contributed by atoms with van der Waals surface area (Å²) >= 11 is 1.30. The van der Waals surface area contributed by atoms with Gasteiger partial charge in [0.1, 0.15) is 11.0 Å². The van der Waals surface area contributed by atoms with E-state index in [1.807, 2.05) is 79.7 Å². The van der Waals surface area contributed by atoms with Gasteiger partial charge in [-0.15, -0.1) is 5.10 Å². The van der Waals surface area contributed by atoms with Crippen LogP contribution in [-0.2, 0) is 4.79 Å². The summed E-state index contributed by atoms with van der Waals surface area (Å²) in [6.07, 6.45) is 0. The number of amides is 1. The van der Waals surface area contributed by atoms with E-state index in [1.165, 1.54) is 17.3 Å². The minimum atomic E-state index is -0.519. The van der Waals surface area contributed by atoms with Gasteiger partial charge in [0.05, 0.1) is 7.11 Å². The summed E-state index contributed by atoms with van der Waals surface area (Å²) in [5.74, 6) is 1.19. The Hall–Kier alpha value is -3.58. The van der Waals surface area contributed by atoms with Gasteiger partial charge in [-0.3, -0.25) is 9.89 Å². The van der Waals surface area contributed by atoms with E-state index in [1.54, 1.807) is 13.2 Å². The van der Waals surface area contributed by atoms with Gasteiger partial charge in [0, 0.05) is 17.3 Å². The first-order valence-corrected chi connectivity index (χ1v) is 10.7. The largest absolute Gasteiger partial charge is 0.497 e. The third-order valence-electron chi connectivity index (χ3n) is 4.69. The zero-order valence-corrected chi connectivity index (χ0v) is 18.0. The second kappa shape index (κ2) is 9.49. The Kier molecular flexibility index (Phi) is 6.33. The number of anilines is 1. The lowest BCUT2D eigenvalue weighted by Gasteiger charge is -2.16. The molecular weight excluding hydrogens is 408 g/mol. The van der Waals surface area contributed by atoms with Gasteiger partial charge in [-0.25, -0.2) is 4.98 Å². The summed E-state index contributed by atoms with van der Waals surface area (Å²) in [6.45, 7) is 2.04. The summed E-state index contributed by atoms with van der Waals surface area (Å²) in [4.78, 5) is 17.8. The predicted molar refractivity (Wildman–Crippen MR) is 123 cm³/mol. The summed E-state index contributed by atoms with van der Waals surface area (Å²) in [5.41, 5.74) is 3.66. The second-order valence-corrected chi connectivity index (χ2v) is 8.03. The molecule has 1 aromatic heterocycles. The molecule has 0 aliphatic rings. The molecule has 31 heavy (non-hydrogen) atoms. The smallest absolute Gasteiger partial charge is 0.242 e. The lowest BCUT2D eigenvalue weighted by atomic mass is 10.1. The highest BCUT2D eigenvalue weighted by Gasteiger charge is 2.24. The first-order valence-electron chi connectivity index (χ1n) is 9.78. The maximum atomic E-state index is 13.2. The average molecular weight is 431 g/mol. The predicted octanol–water partition coefficient (Wildman–Crippen LogP) is 5.26. The van der Waals surface area contributed by atoms with Crippen molar-refractivity contribution in [2.45, 2.75) is 17.3 Å². The minimum Gasteiger partial charge on any atom is -0.497 e. The van der Waals surface area contributed by atoms with E-state index in [4.69, 9.17) is 4.74 Å². The molecule has 1 atom stereocenters. The van der Waals surface area contributed by atoms with E-state index in [2.05, 4.69) is 20.5 Å². The Balaban J connectivity index is 1.57. The molecule has 0 aliphatic heterocycles. The number of methoxy groups -OCH3 is 1. The molecule has 0 spiro atoms. The number of carbonyl (C=O) groups excluding carboxylic acids is 1. The topological polar surface area (TPSA) is 79.9 Å². The number of rotatable bonds is 7. The number of hydrogen-bond donors (Lipinski definition) is 2. The lowest BCUT2D eigenvalue weighted by Crippen LogP contribution is -2.19.